The van der Waals surface area contributed by atoms with E-state index >= 15 is 0 Å². The lowest BCUT2D eigenvalue weighted by molar-refractivity contribution is 0.0746. The molecule has 5 nitrogen and oxygen atoms in total. The van der Waals surface area contributed by atoms with Crippen LogP contribution in [0.15, 0.2) is 54.9 Å². The SMILES string of the molecule is Cc1cc(C)cc(C(=O)N2CCN(c3nccn3-c3cccc(Cl)c3)CC2)c1.Cl. The van der Waals surface area contributed by atoms with Gasteiger partial charge in [-0.05, 0) is 44.2 Å². The second-order valence-corrected chi connectivity index (χ2v) is 7.67. The van der Waals surface area contributed by atoms with Gasteiger partial charge in [0.1, 0.15) is 0 Å². The predicted molar refractivity (Wildman–Crippen MR) is 120 cm³/mol. The number of anilines is 1. The Hall–Kier alpha value is -2.50. The van der Waals surface area contributed by atoms with Crippen LogP contribution in [0.2, 0.25) is 5.02 Å². The molecule has 1 amide bonds. The van der Waals surface area contributed by atoms with E-state index in [0.717, 1.165) is 41.4 Å². The third kappa shape index (κ3) is 4.57. The summed E-state index contributed by atoms with van der Waals surface area (Å²) in [6.07, 6.45) is 3.73. The molecule has 0 unspecified atom stereocenters. The number of aromatic nitrogens is 2. The molecule has 0 radical (unpaired) electrons. The highest BCUT2D eigenvalue weighted by Crippen LogP contribution is 2.22. The van der Waals surface area contributed by atoms with Gasteiger partial charge in [0.15, 0.2) is 0 Å². The smallest absolute Gasteiger partial charge is 0.253 e. The van der Waals surface area contributed by atoms with Gasteiger partial charge in [0.2, 0.25) is 5.95 Å². The third-order valence-electron chi connectivity index (χ3n) is 5.03. The maximum Gasteiger partial charge on any atom is 0.253 e. The zero-order valence-corrected chi connectivity index (χ0v) is 18.1. The Balaban J connectivity index is 0.00000240. The topological polar surface area (TPSA) is 41.4 Å². The molecule has 1 aliphatic rings. The molecule has 29 heavy (non-hydrogen) atoms. The summed E-state index contributed by atoms with van der Waals surface area (Å²) in [5.41, 5.74) is 3.98. The molecule has 4 rings (SSSR count). The van der Waals surface area contributed by atoms with Gasteiger partial charge < -0.3 is 9.80 Å². The Morgan fingerprint density at radius 2 is 1.69 bits per heavy atom. The van der Waals surface area contributed by atoms with Crippen molar-refractivity contribution in [2.75, 3.05) is 31.1 Å². The number of halogens is 2. The standard InChI is InChI=1S/C22H23ClN4O.ClH/c1-16-12-17(2)14-18(13-16)21(28)25-8-10-26(11-9-25)22-24-6-7-27(22)20-5-3-4-19(23)15-20;/h3-7,12-15H,8-11H2,1-2H3;1H. The van der Waals surface area contributed by atoms with Crippen LogP contribution in [0.3, 0.4) is 0 Å². The summed E-state index contributed by atoms with van der Waals surface area (Å²) in [6.45, 7) is 6.89. The Morgan fingerprint density at radius 1 is 1.00 bits per heavy atom. The summed E-state index contributed by atoms with van der Waals surface area (Å²) < 4.78 is 2.03. The Morgan fingerprint density at radius 3 is 2.34 bits per heavy atom. The highest BCUT2D eigenvalue weighted by atomic mass is 35.5. The maximum absolute atomic E-state index is 12.9. The van der Waals surface area contributed by atoms with E-state index in [1.807, 2.05) is 65.9 Å². The fourth-order valence-corrected chi connectivity index (χ4v) is 3.93. The molecule has 0 aliphatic carbocycles. The summed E-state index contributed by atoms with van der Waals surface area (Å²) in [4.78, 5) is 21.6. The maximum atomic E-state index is 12.9. The van der Waals surface area contributed by atoms with Crippen molar-refractivity contribution in [2.24, 2.45) is 0 Å². The Bertz CT molecular complexity index is 989. The first-order valence-corrected chi connectivity index (χ1v) is 9.81. The fourth-order valence-electron chi connectivity index (χ4n) is 3.75. The number of piperazine rings is 1. The van der Waals surface area contributed by atoms with Crippen molar-refractivity contribution in [1.82, 2.24) is 14.5 Å². The summed E-state index contributed by atoms with van der Waals surface area (Å²) in [5, 5.41) is 0.695. The van der Waals surface area contributed by atoms with Crippen LogP contribution in [0.25, 0.3) is 5.69 Å². The molecule has 0 bridgehead atoms. The molecule has 0 N–H and O–H groups in total. The average molecular weight is 431 g/mol. The lowest BCUT2D eigenvalue weighted by Gasteiger charge is -2.35. The lowest BCUT2D eigenvalue weighted by atomic mass is 10.1. The van der Waals surface area contributed by atoms with Gasteiger partial charge in [-0.25, -0.2) is 4.98 Å². The number of hydrogen-bond donors (Lipinski definition) is 0. The molecule has 7 heteroatoms. The highest BCUT2D eigenvalue weighted by Gasteiger charge is 2.24. The molecular formula is C22H24Cl2N4O. The van der Waals surface area contributed by atoms with E-state index in [0.29, 0.717) is 18.1 Å². The molecule has 1 aliphatic heterocycles. The lowest BCUT2D eigenvalue weighted by Crippen LogP contribution is -2.49. The van der Waals surface area contributed by atoms with E-state index in [1.54, 1.807) is 6.20 Å². The van der Waals surface area contributed by atoms with Gasteiger partial charge in [-0.3, -0.25) is 9.36 Å². The number of rotatable bonds is 3. The molecule has 3 aromatic rings. The molecule has 1 fully saturated rings. The van der Waals surface area contributed by atoms with Crippen LogP contribution in [0.4, 0.5) is 5.95 Å². The first-order valence-electron chi connectivity index (χ1n) is 9.43. The number of hydrogen-bond acceptors (Lipinski definition) is 3. The van der Waals surface area contributed by atoms with Crippen molar-refractivity contribution >= 4 is 35.9 Å². The third-order valence-corrected chi connectivity index (χ3v) is 5.26. The summed E-state index contributed by atoms with van der Waals surface area (Å²) >= 11 is 6.14. The van der Waals surface area contributed by atoms with Crippen LogP contribution < -0.4 is 4.90 Å². The number of amides is 1. The van der Waals surface area contributed by atoms with E-state index in [9.17, 15) is 4.79 Å². The Kier molecular flexibility index (Phi) is 6.50. The normalized spacial score (nSPS) is 13.9. The van der Waals surface area contributed by atoms with Gasteiger partial charge >= 0.3 is 0 Å². The van der Waals surface area contributed by atoms with E-state index in [-0.39, 0.29) is 18.3 Å². The van der Waals surface area contributed by atoms with Crippen molar-refractivity contribution in [3.05, 3.63) is 76.6 Å². The number of carbonyl (C=O) groups is 1. The number of carbonyl (C=O) groups excluding carboxylic acids is 1. The molecule has 1 saturated heterocycles. The van der Waals surface area contributed by atoms with Gasteiger partial charge in [-0.1, -0.05) is 34.9 Å². The van der Waals surface area contributed by atoms with E-state index < -0.39 is 0 Å². The van der Waals surface area contributed by atoms with Crippen LogP contribution >= 0.6 is 24.0 Å². The first kappa shape index (κ1) is 21.2. The van der Waals surface area contributed by atoms with Gasteiger partial charge in [-0.2, -0.15) is 0 Å². The monoisotopic (exact) mass is 430 g/mol. The van der Waals surface area contributed by atoms with Crippen molar-refractivity contribution < 1.29 is 4.79 Å². The molecule has 0 spiro atoms. The van der Waals surface area contributed by atoms with Crippen molar-refractivity contribution in [3.63, 3.8) is 0 Å². The van der Waals surface area contributed by atoms with Crippen molar-refractivity contribution in [2.45, 2.75) is 13.8 Å². The summed E-state index contributed by atoms with van der Waals surface area (Å²) in [5.74, 6) is 0.977. The van der Waals surface area contributed by atoms with Crippen LogP contribution in [-0.2, 0) is 0 Å². The number of aryl methyl sites for hydroxylation is 2. The predicted octanol–water partition coefficient (Wildman–Crippen LogP) is 4.53. The van der Waals surface area contributed by atoms with Crippen LogP contribution in [0.5, 0.6) is 0 Å². The minimum Gasteiger partial charge on any atom is -0.338 e. The van der Waals surface area contributed by atoms with E-state index in [1.165, 1.54) is 0 Å². The molecule has 1 aromatic heterocycles. The van der Waals surface area contributed by atoms with Crippen LogP contribution in [-0.4, -0.2) is 46.5 Å². The van der Waals surface area contributed by atoms with E-state index in [2.05, 4.69) is 16.0 Å². The van der Waals surface area contributed by atoms with Gasteiger partial charge in [0.25, 0.3) is 5.91 Å². The van der Waals surface area contributed by atoms with Crippen molar-refractivity contribution in [3.8, 4) is 5.69 Å². The average Bonchev–Trinajstić information content (AvgIpc) is 3.17. The highest BCUT2D eigenvalue weighted by molar-refractivity contribution is 6.30. The van der Waals surface area contributed by atoms with Gasteiger partial charge in [0, 0.05) is 54.8 Å². The molecule has 0 atom stereocenters. The molecule has 2 aromatic carbocycles. The number of imidazole rings is 1. The zero-order valence-electron chi connectivity index (χ0n) is 16.5. The quantitative estimate of drug-likeness (QED) is 0.612. The molecule has 152 valence electrons. The minimum absolute atomic E-state index is 0. The Labute approximate surface area is 182 Å². The minimum atomic E-state index is 0. The van der Waals surface area contributed by atoms with Crippen LogP contribution in [0, 0.1) is 13.8 Å². The van der Waals surface area contributed by atoms with Crippen molar-refractivity contribution in [1.29, 1.82) is 0 Å². The fraction of sp³-hybridized carbons (Fsp3) is 0.273. The second-order valence-electron chi connectivity index (χ2n) is 7.23. The molecule has 2 heterocycles. The van der Waals surface area contributed by atoms with Crippen LogP contribution in [0.1, 0.15) is 21.5 Å². The van der Waals surface area contributed by atoms with E-state index in [4.69, 9.17) is 11.6 Å². The summed E-state index contributed by atoms with van der Waals surface area (Å²) in [7, 11) is 0. The first-order chi connectivity index (χ1) is 13.5. The largest absolute Gasteiger partial charge is 0.338 e. The summed E-state index contributed by atoms with van der Waals surface area (Å²) in [6, 6.07) is 13.7. The molecule has 0 saturated carbocycles. The second kappa shape index (κ2) is 8.89. The van der Waals surface area contributed by atoms with Gasteiger partial charge in [-0.15, -0.1) is 12.4 Å². The zero-order chi connectivity index (χ0) is 19.7. The number of nitrogens with zero attached hydrogens (tertiary/aromatic N) is 4. The molecular weight excluding hydrogens is 407 g/mol. The number of benzene rings is 2. The van der Waals surface area contributed by atoms with Gasteiger partial charge in [0.05, 0.1) is 0 Å².